The number of thioether (sulfide) groups is 1. The molecule has 2 aliphatic heterocycles. The number of nitrogens with one attached hydrogen (secondary N) is 1. The average molecular weight is 470 g/mol. The highest BCUT2D eigenvalue weighted by atomic mass is 32.2. The van der Waals surface area contributed by atoms with E-state index in [1.54, 1.807) is 38.0 Å². The Morgan fingerprint density at radius 1 is 1.27 bits per heavy atom. The fourth-order valence-electron chi connectivity index (χ4n) is 5.15. The average Bonchev–Trinajstić information content (AvgIpc) is 3.38. The zero-order valence-electron chi connectivity index (χ0n) is 19.9. The predicted molar refractivity (Wildman–Crippen MR) is 132 cm³/mol. The summed E-state index contributed by atoms with van der Waals surface area (Å²) in [5.74, 6) is 0.548. The lowest BCUT2D eigenvalue weighted by molar-refractivity contribution is -0.129. The summed E-state index contributed by atoms with van der Waals surface area (Å²) in [6.07, 6.45) is 11.3. The van der Waals surface area contributed by atoms with Crippen molar-refractivity contribution >= 4 is 28.3 Å². The van der Waals surface area contributed by atoms with E-state index in [0.717, 1.165) is 42.8 Å². The van der Waals surface area contributed by atoms with Crippen LogP contribution >= 0.6 is 11.8 Å². The molecule has 33 heavy (non-hydrogen) atoms. The van der Waals surface area contributed by atoms with Crippen molar-refractivity contribution in [2.24, 2.45) is 0 Å². The molecule has 7 nitrogen and oxygen atoms in total. The van der Waals surface area contributed by atoms with E-state index in [2.05, 4.69) is 23.3 Å². The van der Waals surface area contributed by atoms with E-state index in [0.29, 0.717) is 35.3 Å². The first-order valence-electron chi connectivity index (χ1n) is 12.1. The van der Waals surface area contributed by atoms with Crippen LogP contribution in [0, 0.1) is 11.3 Å². The monoisotopic (exact) mass is 469 g/mol. The maximum absolute atomic E-state index is 13.8. The first kappa shape index (κ1) is 23.9. The summed E-state index contributed by atoms with van der Waals surface area (Å²) in [6.45, 7) is 6.69. The largest absolute Gasteiger partial charge is 0.389 e. The minimum absolute atomic E-state index is 0.0150. The number of aliphatic hydroxyl groups is 1. The normalized spacial score (nSPS) is 22.1. The lowest BCUT2D eigenvalue weighted by atomic mass is 9.95. The molecule has 1 aromatic heterocycles. The van der Waals surface area contributed by atoms with Crippen LogP contribution in [-0.4, -0.2) is 62.4 Å². The molecule has 3 aliphatic rings. The van der Waals surface area contributed by atoms with Gasteiger partial charge in [0.1, 0.15) is 11.8 Å². The quantitative estimate of drug-likeness (QED) is 0.646. The predicted octanol–water partition coefficient (Wildman–Crippen LogP) is 4.15. The number of anilines is 1. The molecule has 1 aliphatic carbocycles. The van der Waals surface area contributed by atoms with Crippen LogP contribution in [0.2, 0.25) is 0 Å². The van der Waals surface area contributed by atoms with Gasteiger partial charge in [0, 0.05) is 41.8 Å². The molecule has 3 heterocycles. The van der Waals surface area contributed by atoms with Crippen molar-refractivity contribution < 1.29 is 9.90 Å². The molecular weight excluding hydrogens is 434 g/mol. The van der Waals surface area contributed by atoms with E-state index >= 15 is 0 Å². The van der Waals surface area contributed by atoms with Crippen LogP contribution in [0.25, 0.3) is 4.91 Å². The molecule has 1 atom stereocenters. The first-order valence-corrected chi connectivity index (χ1v) is 13.1. The zero-order valence-corrected chi connectivity index (χ0v) is 20.7. The Labute approximate surface area is 201 Å². The lowest BCUT2D eigenvalue weighted by Gasteiger charge is -2.31. The number of rotatable bonds is 6. The maximum atomic E-state index is 13.8. The summed E-state index contributed by atoms with van der Waals surface area (Å²) in [5, 5.41) is 24.2. The van der Waals surface area contributed by atoms with Gasteiger partial charge in [-0.05, 0) is 46.5 Å². The van der Waals surface area contributed by atoms with E-state index in [1.807, 2.05) is 9.80 Å². The second-order valence-electron chi connectivity index (χ2n) is 10.2. The maximum Gasteiger partial charge on any atom is 0.271 e. The molecule has 0 aromatic carbocycles. The van der Waals surface area contributed by atoms with Gasteiger partial charge in [-0.1, -0.05) is 19.3 Å². The molecule has 8 heteroatoms. The molecule has 1 saturated heterocycles. The van der Waals surface area contributed by atoms with Gasteiger partial charge in [0.25, 0.3) is 5.91 Å². The van der Waals surface area contributed by atoms with Gasteiger partial charge >= 0.3 is 0 Å². The van der Waals surface area contributed by atoms with Crippen LogP contribution in [0.5, 0.6) is 0 Å². The minimum Gasteiger partial charge on any atom is -0.389 e. The topological polar surface area (TPSA) is 92.5 Å². The SMILES string of the molecule is C[C@H]1CCCN1C(=O)C1=C(c2cncc(NC3CCCCC3)c2C#N)SCN1CC(C)(C)O. The van der Waals surface area contributed by atoms with Crippen LogP contribution < -0.4 is 5.32 Å². The van der Waals surface area contributed by atoms with E-state index in [1.165, 1.54) is 19.3 Å². The van der Waals surface area contributed by atoms with E-state index in [4.69, 9.17) is 0 Å². The van der Waals surface area contributed by atoms with Gasteiger partial charge in [-0.3, -0.25) is 9.78 Å². The number of carbonyl (C=O) groups is 1. The van der Waals surface area contributed by atoms with Crippen LogP contribution in [0.4, 0.5) is 5.69 Å². The highest BCUT2D eigenvalue weighted by Gasteiger charge is 2.38. The third kappa shape index (κ3) is 5.30. The molecule has 2 fully saturated rings. The summed E-state index contributed by atoms with van der Waals surface area (Å²) in [5.41, 5.74) is 1.64. The van der Waals surface area contributed by atoms with Crippen LogP contribution in [-0.2, 0) is 4.79 Å². The third-order valence-corrected chi connectivity index (χ3v) is 7.90. The van der Waals surface area contributed by atoms with Crippen LogP contribution in [0.15, 0.2) is 18.1 Å². The Morgan fingerprint density at radius 2 is 2.03 bits per heavy atom. The minimum atomic E-state index is -0.946. The van der Waals surface area contributed by atoms with Crippen molar-refractivity contribution in [2.45, 2.75) is 83.4 Å². The number of hydrogen-bond donors (Lipinski definition) is 2. The van der Waals surface area contributed by atoms with Gasteiger partial charge in [0.2, 0.25) is 0 Å². The standard InChI is InChI=1S/C25H35N5O2S/c1-17-8-7-11-30(17)24(31)22-23(33-16-29(22)15-25(2,3)32)20-13-27-14-21(19(20)12-26)28-18-9-5-4-6-10-18/h13-14,17-18,28,32H,4-11,15-16H2,1-3H3/t17-/m0/s1. The number of amides is 1. The Morgan fingerprint density at radius 3 is 2.67 bits per heavy atom. The Kier molecular flexibility index (Phi) is 7.20. The van der Waals surface area contributed by atoms with E-state index < -0.39 is 5.60 Å². The number of likely N-dealkylation sites (tertiary alicyclic amines) is 1. The van der Waals surface area contributed by atoms with Crippen molar-refractivity contribution in [2.75, 3.05) is 24.3 Å². The Hall–Kier alpha value is -2.24. The number of β-amino-alcohol motifs (C(OH)–C–C–N with tert-alkyl or cyclic N) is 1. The molecule has 0 unspecified atom stereocenters. The smallest absolute Gasteiger partial charge is 0.271 e. The number of hydrogen-bond acceptors (Lipinski definition) is 7. The first-order chi connectivity index (χ1) is 15.8. The Balaban J connectivity index is 1.74. The van der Waals surface area contributed by atoms with Gasteiger partial charge in [-0.15, -0.1) is 11.8 Å². The fourth-order valence-corrected chi connectivity index (χ4v) is 6.32. The number of nitriles is 1. The van der Waals surface area contributed by atoms with Crippen molar-refractivity contribution in [3.8, 4) is 6.07 Å². The molecule has 4 rings (SSSR count). The highest BCUT2D eigenvalue weighted by Crippen LogP contribution is 2.43. The third-order valence-electron chi connectivity index (χ3n) is 6.76. The van der Waals surface area contributed by atoms with Gasteiger partial charge in [-0.25, -0.2) is 0 Å². The van der Waals surface area contributed by atoms with Crippen LogP contribution in [0.3, 0.4) is 0 Å². The molecule has 2 N–H and O–H groups in total. The zero-order chi connectivity index (χ0) is 23.6. The number of carbonyl (C=O) groups excluding carboxylic acids is 1. The second kappa shape index (κ2) is 9.94. The molecule has 1 saturated carbocycles. The van der Waals surface area contributed by atoms with Crippen molar-refractivity contribution in [1.29, 1.82) is 5.26 Å². The lowest BCUT2D eigenvalue weighted by Crippen LogP contribution is -2.43. The highest BCUT2D eigenvalue weighted by molar-refractivity contribution is 8.08. The number of nitrogens with zero attached hydrogens (tertiary/aromatic N) is 4. The van der Waals surface area contributed by atoms with Gasteiger partial charge in [-0.2, -0.15) is 5.26 Å². The van der Waals surface area contributed by atoms with Crippen LogP contribution in [0.1, 0.15) is 76.8 Å². The summed E-state index contributed by atoms with van der Waals surface area (Å²) >= 11 is 1.55. The molecule has 1 aromatic rings. The fraction of sp³-hybridized carbons (Fsp3) is 0.640. The summed E-state index contributed by atoms with van der Waals surface area (Å²) in [6, 6.07) is 2.93. The van der Waals surface area contributed by atoms with Gasteiger partial charge < -0.3 is 20.2 Å². The van der Waals surface area contributed by atoms with E-state index in [9.17, 15) is 15.2 Å². The molecule has 0 bridgehead atoms. The summed E-state index contributed by atoms with van der Waals surface area (Å²) < 4.78 is 0. The van der Waals surface area contributed by atoms with Crippen molar-refractivity contribution in [1.82, 2.24) is 14.8 Å². The van der Waals surface area contributed by atoms with Gasteiger partial charge in [0.05, 0.1) is 28.9 Å². The van der Waals surface area contributed by atoms with Gasteiger partial charge in [0.15, 0.2) is 0 Å². The van der Waals surface area contributed by atoms with Crippen molar-refractivity contribution in [3.63, 3.8) is 0 Å². The molecule has 0 radical (unpaired) electrons. The summed E-state index contributed by atoms with van der Waals surface area (Å²) in [4.78, 5) is 22.9. The Bertz CT molecular complexity index is 959. The molecular formula is C25H35N5O2S. The number of pyridine rings is 1. The van der Waals surface area contributed by atoms with Crippen molar-refractivity contribution in [3.05, 3.63) is 29.2 Å². The summed E-state index contributed by atoms with van der Waals surface area (Å²) in [7, 11) is 0. The van der Waals surface area contributed by atoms with E-state index in [-0.39, 0.29) is 11.9 Å². The molecule has 178 valence electrons. The number of aromatic nitrogens is 1. The second-order valence-corrected chi connectivity index (χ2v) is 11.1. The molecule has 0 spiro atoms. The molecule has 1 amide bonds.